The highest BCUT2D eigenvalue weighted by atomic mass is 15.1. The van der Waals surface area contributed by atoms with Crippen LogP contribution in [-0.4, -0.2) is 64.5 Å². The van der Waals surface area contributed by atoms with Crippen molar-refractivity contribution in [3.8, 4) is 27.9 Å². The minimum Gasteiger partial charge on any atom is -0.296 e. The van der Waals surface area contributed by atoms with Gasteiger partial charge in [0.15, 0.2) is 0 Å². The van der Waals surface area contributed by atoms with Crippen LogP contribution in [0.25, 0.3) is 71.3 Å². The molecule has 0 bridgehead atoms. The van der Waals surface area contributed by atoms with Crippen molar-refractivity contribution in [3.05, 3.63) is 103 Å². The van der Waals surface area contributed by atoms with Crippen LogP contribution in [0.4, 0.5) is 0 Å². The van der Waals surface area contributed by atoms with Gasteiger partial charge < -0.3 is 0 Å². The van der Waals surface area contributed by atoms with Gasteiger partial charge in [0.2, 0.25) is 0 Å². The predicted octanol–water partition coefficient (Wildman–Crippen LogP) is 1.94. The van der Waals surface area contributed by atoms with E-state index in [2.05, 4.69) is 72.2 Å². The Kier molecular flexibility index (Phi) is 7.29. The second-order valence-electron chi connectivity index (χ2n) is 12.1. The highest BCUT2D eigenvalue weighted by Gasteiger charge is 2.22. The summed E-state index contributed by atoms with van der Waals surface area (Å²) in [7, 11) is 46.0. The molecule has 0 N–H and O–H groups in total. The summed E-state index contributed by atoms with van der Waals surface area (Å²) in [5.41, 5.74) is 8.28. The van der Waals surface area contributed by atoms with Gasteiger partial charge in [0.05, 0.1) is 11.0 Å². The fourth-order valence-electron chi connectivity index (χ4n) is 7.28. The zero-order chi connectivity index (χ0) is 33.4. The number of hydrogen-bond donors (Lipinski definition) is 0. The van der Waals surface area contributed by atoms with Crippen molar-refractivity contribution < 1.29 is 0 Å². The van der Waals surface area contributed by atoms with E-state index < -0.39 is 0 Å². The van der Waals surface area contributed by atoms with Crippen LogP contribution in [0.15, 0.2) is 97.1 Å². The zero-order valence-corrected chi connectivity index (χ0v) is 26.4. The summed E-state index contributed by atoms with van der Waals surface area (Å²) in [6.45, 7) is 2.13. The van der Waals surface area contributed by atoms with Crippen molar-refractivity contribution in [2.75, 3.05) is 0 Å². The van der Waals surface area contributed by atoms with Gasteiger partial charge in [0.25, 0.3) is 0 Å². The van der Waals surface area contributed by atoms with Crippen LogP contribution < -0.4 is 38.2 Å². The molecule has 0 aliphatic heterocycles. The van der Waals surface area contributed by atoms with Gasteiger partial charge in [-0.25, -0.2) is 4.98 Å². The third kappa shape index (κ3) is 4.33. The van der Waals surface area contributed by atoms with Crippen molar-refractivity contribution in [2.24, 2.45) is 0 Å². The average molecular weight is 593 g/mol. The summed E-state index contributed by atoms with van der Waals surface area (Å²) in [4.78, 5) is 4.87. The van der Waals surface area contributed by atoms with Gasteiger partial charge in [0.1, 0.15) is 60.7 Å². The number of rotatable bonds is 4. The van der Waals surface area contributed by atoms with Crippen LogP contribution in [-0.2, 0) is 6.42 Å². The van der Waals surface area contributed by atoms with E-state index in [9.17, 15) is 0 Å². The summed E-state index contributed by atoms with van der Waals surface area (Å²) in [6.07, 6.45) is 0.816. The third-order valence-corrected chi connectivity index (χ3v) is 9.57. The minimum atomic E-state index is 0.150. The molecule has 9 heteroatoms. The van der Waals surface area contributed by atoms with E-state index in [-0.39, 0.29) is 27.3 Å². The molecule has 8 aromatic rings. The van der Waals surface area contributed by atoms with Gasteiger partial charge in [-0.2, -0.15) is 0 Å². The van der Waals surface area contributed by atoms with Gasteiger partial charge in [0, 0.05) is 12.1 Å². The normalized spacial score (nSPS) is 11.7. The van der Waals surface area contributed by atoms with E-state index >= 15 is 0 Å². The quantitative estimate of drug-likeness (QED) is 0.226. The fraction of sp³-hybridized carbons (Fsp3) is 0.0513. The van der Waals surface area contributed by atoms with Crippen LogP contribution >= 0.6 is 0 Å². The number of aryl methyl sites for hydroxylation is 1. The lowest BCUT2D eigenvalue weighted by atomic mass is 9.58. The fourth-order valence-corrected chi connectivity index (χ4v) is 7.28. The third-order valence-electron chi connectivity index (χ3n) is 9.57. The second kappa shape index (κ2) is 11.4. The van der Waals surface area contributed by atoms with E-state index in [1.807, 2.05) is 36.4 Å². The van der Waals surface area contributed by atoms with Gasteiger partial charge in [-0.15, -0.1) is 10.9 Å². The molecule has 0 saturated carbocycles. The highest BCUT2D eigenvalue weighted by molar-refractivity contribution is 6.72. The van der Waals surface area contributed by atoms with E-state index in [1.54, 1.807) is 0 Å². The standard InChI is InChI=1S/C39H21B7N2/c1-2-27-47-25-13-7-8-14-26(25)48(27)20-17-15-19(16-18-20)28-21-9-3-5-11-23(21)29(24-12-6-4-10-22(24)28)30-33(40)31-32(35(42)34(30)41)37(44)39(46)38(45)36(31)43/h3-18H,2H2,1H3. The van der Waals surface area contributed by atoms with E-state index in [1.165, 1.54) is 0 Å². The molecular formula is C39H21B7N2. The molecule has 0 unspecified atom stereocenters. The molecule has 14 radical (unpaired) electrons. The second-order valence-corrected chi connectivity index (χ2v) is 12.1. The Morgan fingerprint density at radius 3 is 1.52 bits per heavy atom. The molecule has 0 amide bonds. The molecule has 48 heavy (non-hydrogen) atoms. The van der Waals surface area contributed by atoms with E-state index in [4.69, 9.17) is 59.9 Å². The number of aromatic nitrogens is 2. The first-order chi connectivity index (χ1) is 23.2. The van der Waals surface area contributed by atoms with E-state index in [0.717, 1.165) is 67.2 Å². The van der Waals surface area contributed by atoms with Gasteiger partial charge in [-0.1, -0.05) is 107 Å². The maximum atomic E-state index is 6.99. The molecule has 7 aromatic carbocycles. The molecule has 1 heterocycles. The lowest BCUT2D eigenvalue weighted by Gasteiger charge is -2.27. The molecule has 1 aromatic heterocycles. The van der Waals surface area contributed by atoms with E-state index in [0.29, 0.717) is 27.3 Å². The largest absolute Gasteiger partial charge is 0.296 e. The predicted molar refractivity (Wildman–Crippen MR) is 212 cm³/mol. The maximum Gasteiger partial charge on any atom is 0.115 e. The molecule has 8 rings (SSSR count). The summed E-state index contributed by atoms with van der Waals surface area (Å²) in [6, 6.07) is 33.4. The van der Waals surface area contributed by atoms with Crippen molar-refractivity contribution in [3.63, 3.8) is 0 Å². The Bertz CT molecular complexity index is 2570. The van der Waals surface area contributed by atoms with Crippen LogP contribution in [0.3, 0.4) is 0 Å². The van der Waals surface area contributed by atoms with Crippen molar-refractivity contribution in [2.45, 2.75) is 13.3 Å². The molecule has 0 atom stereocenters. The number of fused-ring (bicyclic) bond motifs is 4. The number of benzene rings is 7. The highest BCUT2D eigenvalue weighted by Crippen LogP contribution is 2.43. The molecule has 2 nitrogen and oxygen atoms in total. The van der Waals surface area contributed by atoms with Gasteiger partial charge >= 0.3 is 0 Å². The number of nitrogens with zero attached hydrogens (tertiary/aromatic N) is 2. The lowest BCUT2D eigenvalue weighted by Crippen LogP contribution is -2.52. The maximum absolute atomic E-state index is 6.99. The topological polar surface area (TPSA) is 17.8 Å². The summed E-state index contributed by atoms with van der Waals surface area (Å²) in [5, 5.41) is 4.81. The van der Waals surface area contributed by atoms with Crippen molar-refractivity contribution >= 4 is 137 Å². The molecule has 0 aliphatic carbocycles. The minimum absolute atomic E-state index is 0.150. The first-order valence-electron chi connectivity index (χ1n) is 15.8. The Morgan fingerprint density at radius 1 is 0.479 bits per heavy atom. The first kappa shape index (κ1) is 30.6. The zero-order valence-electron chi connectivity index (χ0n) is 26.4. The summed E-state index contributed by atoms with van der Waals surface area (Å²) >= 11 is 0. The summed E-state index contributed by atoms with van der Waals surface area (Å²) in [5.74, 6) is 1.01. The molecule has 0 fully saturated rings. The number of para-hydroxylation sites is 2. The Hall–Kier alpha value is -4.76. The van der Waals surface area contributed by atoms with Gasteiger partial charge in [-0.3, -0.25) is 4.57 Å². The molecule has 0 saturated heterocycles. The Labute approximate surface area is 289 Å². The lowest BCUT2D eigenvalue weighted by molar-refractivity contribution is 0.908. The molecule has 208 valence electrons. The van der Waals surface area contributed by atoms with Crippen LogP contribution in [0.1, 0.15) is 12.7 Å². The Balaban J connectivity index is 1.42. The summed E-state index contributed by atoms with van der Waals surface area (Å²) < 4.78 is 2.23. The molecular weight excluding hydrogens is 572 g/mol. The van der Waals surface area contributed by atoms with Gasteiger partial charge in [-0.05, 0) is 78.8 Å². The SMILES string of the molecule is [B]c1c([B])c([B])c2c([B])c(-c3c4ccccc4c(-c4ccc(-n5c(CC)nc6ccccc65)cc4)c4ccccc34)c([B])c([B])c2c1[B]. The average Bonchev–Trinajstić information content (AvgIpc) is 3.50. The monoisotopic (exact) mass is 594 g/mol. The number of imidazole rings is 1. The number of hydrogen-bond acceptors (Lipinski definition) is 1. The Morgan fingerprint density at radius 2 is 0.958 bits per heavy atom. The first-order valence-corrected chi connectivity index (χ1v) is 15.8. The van der Waals surface area contributed by atoms with Crippen molar-refractivity contribution in [1.29, 1.82) is 0 Å². The van der Waals surface area contributed by atoms with Crippen molar-refractivity contribution in [1.82, 2.24) is 9.55 Å². The van der Waals surface area contributed by atoms with Crippen LogP contribution in [0, 0.1) is 0 Å². The molecule has 0 spiro atoms. The molecule has 0 aliphatic rings. The van der Waals surface area contributed by atoms with Crippen LogP contribution in [0.2, 0.25) is 0 Å². The van der Waals surface area contributed by atoms with Crippen LogP contribution in [0.5, 0.6) is 0 Å². The smallest absolute Gasteiger partial charge is 0.115 e.